The molecule has 0 aliphatic carbocycles. The number of carbonyl (C=O) groups excluding carboxylic acids is 2. The van der Waals surface area contributed by atoms with Gasteiger partial charge in [-0.25, -0.2) is 9.59 Å². The van der Waals surface area contributed by atoms with Crippen molar-refractivity contribution in [3.8, 4) is 0 Å². The van der Waals surface area contributed by atoms with Crippen LogP contribution in [-0.2, 0) is 0 Å². The molecule has 0 saturated heterocycles. The quantitative estimate of drug-likeness (QED) is 0.230. The monoisotopic (exact) mass is 242 g/mol. The van der Waals surface area contributed by atoms with Gasteiger partial charge in [-0.2, -0.15) is 0 Å². The van der Waals surface area contributed by atoms with Crippen LogP contribution in [0.5, 0.6) is 0 Å². The molecular formula is C2H6N6O8. The highest BCUT2D eigenvalue weighted by molar-refractivity contribution is 5.77. The van der Waals surface area contributed by atoms with Crippen LogP contribution in [0.25, 0.3) is 0 Å². The average molecular weight is 242 g/mol. The first-order chi connectivity index (χ1) is 7.09. The zero-order chi connectivity index (χ0) is 13.7. The van der Waals surface area contributed by atoms with Crippen LogP contribution in [0.4, 0.5) is 9.59 Å². The first-order valence-corrected chi connectivity index (χ1v) is 2.76. The maximum Gasteiger partial charge on any atom is 0.357 e. The Labute approximate surface area is 85.4 Å². The molecule has 0 aromatic carbocycles. The molecule has 0 spiro atoms. The summed E-state index contributed by atoms with van der Waals surface area (Å²) in [5.74, 6) is 0. The maximum atomic E-state index is 9.66. The van der Waals surface area contributed by atoms with Gasteiger partial charge in [-0.15, -0.1) is 20.2 Å². The molecule has 0 aromatic rings. The number of hydrogen-bond donors (Lipinski definition) is 4. The van der Waals surface area contributed by atoms with E-state index in [2.05, 4.69) is 21.7 Å². The summed E-state index contributed by atoms with van der Waals surface area (Å²) < 4.78 is 0. The van der Waals surface area contributed by atoms with Crippen LogP contribution in [-0.4, -0.2) is 32.6 Å². The topological polar surface area (TPSA) is 238 Å². The Kier molecular flexibility index (Phi) is 13.9. The normalized spacial score (nSPS) is 7.75. The Bertz CT molecular complexity index is 248. The van der Waals surface area contributed by atoms with Gasteiger partial charge in [0.2, 0.25) is 0 Å². The predicted octanol–water partition coefficient (Wildman–Crippen LogP) is -1.10. The first kappa shape index (κ1) is 18.7. The van der Waals surface area contributed by atoms with E-state index in [0.29, 0.717) is 0 Å². The Balaban J connectivity index is -0.000000179. The van der Waals surface area contributed by atoms with Gasteiger partial charge < -0.3 is 21.9 Å². The summed E-state index contributed by atoms with van der Waals surface area (Å²) in [5, 5.41) is 32.5. The lowest BCUT2D eigenvalue weighted by Crippen LogP contribution is -2.07. The van der Waals surface area contributed by atoms with Crippen molar-refractivity contribution >= 4 is 12.1 Å². The Morgan fingerprint density at radius 2 is 1.06 bits per heavy atom. The fourth-order valence-corrected chi connectivity index (χ4v) is 0.0986. The van der Waals surface area contributed by atoms with Crippen LogP contribution < -0.4 is 11.5 Å². The highest BCUT2D eigenvalue weighted by Crippen LogP contribution is 1.72. The minimum Gasteiger partial charge on any atom is -0.348 e. The first-order valence-electron chi connectivity index (χ1n) is 2.76. The van der Waals surface area contributed by atoms with Gasteiger partial charge in [0.25, 0.3) is 10.2 Å². The summed E-state index contributed by atoms with van der Waals surface area (Å²) in [6.07, 6.45) is 0. The second-order valence-electron chi connectivity index (χ2n) is 1.35. The minimum atomic E-state index is -1.50. The standard InChI is InChI=1S/C2H4N4O2.2HNO3/c3-1(7)5-6-2(4)8;2*2-1(3)4/h(H2,3,7)(H2,4,8);2*(H,2,3,4). The van der Waals surface area contributed by atoms with Gasteiger partial charge in [-0.1, -0.05) is 10.2 Å². The van der Waals surface area contributed by atoms with Crippen LogP contribution in [0.1, 0.15) is 0 Å². The summed E-state index contributed by atoms with van der Waals surface area (Å²) in [7, 11) is 0. The van der Waals surface area contributed by atoms with Gasteiger partial charge in [0.15, 0.2) is 0 Å². The van der Waals surface area contributed by atoms with Crippen LogP contribution in [0, 0.1) is 20.2 Å². The number of nitrogens with zero attached hydrogens (tertiary/aromatic N) is 4. The third-order valence-electron chi connectivity index (χ3n) is 0.247. The second-order valence-corrected chi connectivity index (χ2v) is 1.35. The van der Waals surface area contributed by atoms with E-state index >= 15 is 0 Å². The van der Waals surface area contributed by atoms with Crippen molar-refractivity contribution in [1.82, 2.24) is 0 Å². The lowest BCUT2D eigenvalue weighted by atomic mass is 11.1. The number of rotatable bonds is 0. The van der Waals surface area contributed by atoms with Crippen molar-refractivity contribution < 1.29 is 30.2 Å². The van der Waals surface area contributed by atoms with Gasteiger partial charge in [0.1, 0.15) is 0 Å². The SMILES string of the molecule is NC(=O)N=NC(N)=O.O=[N+]([O-])O.O=[N+]([O-])O. The molecule has 0 fully saturated rings. The van der Waals surface area contributed by atoms with Gasteiger partial charge in [0.05, 0.1) is 0 Å². The van der Waals surface area contributed by atoms with Crippen LogP contribution >= 0.6 is 0 Å². The molecule has 0 heterocycles. The minimum absolute atomic E-state index is 1.04. The highest BCUT2D eigenvalue weighted by Gasteiger charge is 1.86. The molecule has 0 aliphatic rings. The van der Waals surface area contributed by atoms with E-state index in [1.165, 1.54) is 0 Å². The van der Waals surface area contributed by atoms with Crippen LogP contribution in [0.15, 0.2) is 10.2 Å². The van der Waals surface area contributed by atoms with E-state index < -0.39 is 22.2 Å². The Hall–Kier alpha value is -3.06. The molecule has 0 unspecified atom stereocenters. The van der Waals surface area contributed by atoms with E-state index in [4.69, 9.17) is 30.6 Å². The number of amides is 4. The highest BCUT2D eigenvalue weighted by atomic mass is 16.9. The van der Waals surface area contributed by atoms with Gasteiger partial charge in [-0.05, 0) is 0 Å². The van der Waals surface area contributed by atoms with Crippen LogP contribution in [0.3, 0.4) is 0 Å². The maximum absolute atomic E-state index is 9.66. The van der Waals surface area contributed by atoms with E-state index in [9.17, 15) is 9.59 Å². The summed E-state index contributed by atoms with van der Waals surface area (Å²) in [6.45, 7) is 0. The second kappa shape index (κ2) is 11.9. The van der Waals surface area contributed by atoms with E-state index in [1.807, 2.05) is 0 Å². The molecule has 0 atom stereocenters. The van der Waals surface area contributed by atoms with Crippen molar-refractivity contribution in [2.75, 3.05) is 0 Å². The number of urea groups is 2. The number of hydrogen-bond acceptors (Lipinski definition) is 6. The fourth-order valence-electron chi connectivity index (χ4n) is 0.0986. The molecule has 6 N–H and O–H groups in total. The van der Waals surface area contributed by atoms with Crippen molar-refractivity contribution in [2.24, 2.45) is 21.7 Å². The molecule has 0 bridgehead atoms. The summed E-state index contributed by atoms with van der Waals surface area (Å²) in [6, 6.07) is -2.08. The Morgan fingerprint density at radius 1 is 0.938 bits per heavy atom. The van der Waals surface area contributed by atoms with Crippen molar-refractivity contribution in [2.45, 2.75) is 0 Å². The van der Waals surface area contributed by atoms with Crippen molar-refractivity contribution in [1.29, 1.82) is 0 Å². The lowest BCUT2D eigenvalue weighted by Gasteiger charge is -1.74. The smallest absolute Gasteiger partial charge is 0.348 e. The molecule has 0 radical (unpaired) electrons. The predicted molar refractivity (Wildman–Crippen MR) is 41.6 cm³/mol. The average Bonchev–Trinajstić information content (AvgIpc) is 1.98. The Morgan fingerprint density at radius 3 is 1.12 bits per heavy atom. The van der Waals surface area contributed by atoms with Gasteiger partial charge in [0, 0.05) is 0 Å². The molecule has 0 aliphatic heterocycles. The largest absolute Gasteiger partial charge is 0.357 e. The number of nitrogens with two attached hydrogens (primary N) is 2. The van der Waals surface area contributed by atoms with Crippen molar-refractivity contribution in [3.63, 3.8) is 0 Å². The third-order valence-corrected chi connectivity index (χ3v) is 0.247. The lowest BCUT2D eigenvalue weighted by molar-refractivity contribution is -0.742. The fraction of sp³-hybridized carbons (Fsp3) is 0. The van der Waals surface area contributed by atoms with Crippen molar-refractivity contribution in [3.05, 3.63) is 20.2 Å². The molecule has 14 nitrogen and oxygen atoms in total. The molecule has 0 saturated carbocycles. The van der Waals surface area contributed by atoms with Crippen LogP contribution in [0.2, 0.25) is 0 Å². The summed E-state index contributed by atoms with van der Waals surface area (Å²) >= 11 is 0. The number of carbonyl (C=O) groups is 2. The molecule has 16 heavy (non-hydrogen) atoms. The molecular weight excluding hydrogens is 236 g/mol. The summed E-state index contributed by atoms with van der Waals surface area (Å²) in [5.41, 5.74) is 8.87. The van der Waals surface area contributed by atoms with E-state index in [-0.39, 0.29) is 0 Å². The summed E-state index contributed by atoms with van der Waals surface area (Å²) in [4.78, 5) is 36.0. The van der Waals surface area contributed by atoms with Gasteiger partial charge in [-0.3, -0.25) is 0 Å². The molecule has 92 valence electrons. The molecule has 0 aromatic heterocycles. The molecule has 14 heteroatoms. The third kappa shape index (κ3) is 287. The zero-order valence-electron chi connectivity index (χ0n) is 7.29. The molecule has 4 amide bonds. The molecule has 0 rings (SSSR count). The number of primary amides is 2. The zero-order valence-corrected chi connectivity index (χ0v) is 7.29. The van der Waals surface area contributed by atoms with E-state index in [0.717, 1.165) is 0 Å². The van der Waals surface area contributed by atoms with E-state index in [1.54, 1.807) is 0 Å². The number of azo groups is 1. The van der Waals surface area contributed by atoms with Gasteiger partial charge >= 0.3 is 12.1 Å².